The maximum Gasteiger partial charge on any atom is 0.260 e. The van der Waals surface area contributed by atoms with Crippen LogP contribution in [0.1, 0.15) is 6.92 Å². The lowest BCUT2D eigenvalue weighted by Crippen LogP contribution is -2.33. The van der Waals surface area contributed by atoms with E-state index in [1.807, 2.05) is 42.5 Å². The molecule has 0 aliphatic carbocycles. The van der Waals surface area contributed by atoms with Crippen LogP contribution < -0.4 is 10.1 Å². The largest absolute Gasteiger partial charge is 0.481 e. The molecule has 3 heteroatoms. The van der Waals surface area contributed by atoms with E-state index in [0.717, 1.165) is 10.8 Å². The van der Waals surface area contributed by atoms with Crippen molar-refractivity contribution in [2.24, 2.45) is 0 Å². The van der Waals surface area contributed by atoms with Crippen LogP contribution in [0.2, 0.25) is 0 Å². The maximum atomic E-state index is 11.3. The zero-order valence-corrected chi connectivity index (χ0v) is 9.94. The molecule has 0 fully saturated rings. The first kappa shape index (κ1) is 11.5. The fraction of sp³-hybridized carbons (Fsp3) is 0.214. The van der Waals surface area contributed by atoms with Crippen molar-refractivity contribution >= 4 is 16.7 Å². The van der Waals surface area contributed by atoms with Crippen molar-refractivity contribution in [2.75, 3.05) is 7.05 Å². The molecule has 0 bridgehead atoms. The van der Waals surface area contributed by atoms with Gasteiger partial charge >= 0.3 is 0 Å². The summed E-state index contributed by atoms with van der Waals surface area (Å²) >= 11 is 0. The van der Waals surface area contributed by atoms with Gasteiger partial charge in [0.1, 0.15) is 5.75 Å². The molecule has 2 aromatic rings. The molecular weight excluding hydrogens is 214 g/mol. The fourth-order valence-corrected chi connectivity index (χ4v) is 1.70. The van der Waals surface area contributed by atoms with Gasteiger partial charge in [0.15, 0.2) is 6.10 Å². The van der Waals surface area contributed by atoms with Crippen LogP contribution in [-0.4, -0.2) is 19.1 Å². The number of rotatable bonds is 3. The van der Waals surface area contributed by atoms with Crippen LogP contribution in [0.3, 0.4) is 0 Å². The normalized spacial score (nSPS) is 12.1. The summed E-state index contributed by atoms with van der Waals surface area (Å²) in [6, 6.07) is 13.8. The van der Waals surface area contributed by atoms with Gasteiger partial charge < -0.3 is 10.1 Å². The molecule has 1 amide bonds. The molecule has 3 nitrogen and oxygen atoms in total. The Labute approximate surface area is 100 Å². The summed E-state index contributed by atoms with van der Waals surface area (Å²) in [5.41, 5.74) is 0. The van der Waals surface area contributed by atoms with Crippen molar-refractivity contribution in [1.82, 2.24) is 5.32 Å². The molecule has 0 radical (unpaired) electrons. The fourth-order valence-electron chi connectivity index (χ4n) is 1.70. The summed E-state index contributed by atoms with van der Waals surface area (Å²) < 4.78 is 5.56. The van der Waals surface area contributed by atoms with Crippen LogP contribution in [0, 0.1) is 0 Å². The average Bonchev–Trinajstić information content (AvgIpc) is 2.37. The van der Waals surface area contributed by atoms with Gasteiger partial charge in [0.05, 0.1) is 0 Å². The highest BCUT2D eigenvalue weighted by Gasteiger charge is 2.12. The van der Waals surface area contributed by atoms with Gasteiger partial charge in [-0.15, -0.1) is 0 Å². The van der Waals surface area contributed by atoms with Crippen LogP contribution in [0.5, 0.6) is 5.75 Å². The van der Waals surface area contributed by atoms with Crippen molar-refractivity contribution in [3.8, 4) is 5.75 Å². The summed E-state index contributed by atoms with van der Waals surface area (Å²) in [7, 11) is 1.60. The Morgan fingerprint density at radius 2 is 1.88 bits per heavy atom. The third-order valence-electron chi connectivity index (χ3n) is 2.65. The maximum absolute atomic E-state index is 11.3. The summed E-state index contributed by atoms with van der Waals surface area (Å²) in [5.74, 6) is 0.581. The lowest BCUT2D eigenvalue weighted by Gasteiger charge is -2.13. The first-order chi connectivity index (χ1) is 8.20. The Morgan fingerprint density at radius 3 is 2.59 bits per heavy atom. The molecule has 0 saturated heterocycles. The second-order valence-electron chi connectivity index (χ2n) is 3.88. The SMILES string of the molecule is CNC(=O)[C@H](C)Oc1ccc2ccccc2c1. The van der Waals surface area contributed by atoms with E-state index in [-0.39, 0.29) is 5.91 Å². The van der Waals surface area contributed by atoms with Gasteiger partial charge in [-0.1, -0.05) is 30.3 Å². The van der Waals surface area contributed by atoms with Gasteiger partial charge in [-0.25, -0.2) is 0 Å². The predicted octanol–water partition coefficient (Wildman–Crippen LogP) is 2.35. The van der Waals surface area contributed by atoms with Crippen molar-refractivity contribution in [3.05, 3.63) is 42.5 Å². The highest BCUT2D eigenvalue weighted by Crippen LogP contribution is 2.21. The Kier molecular flexibility index (Phi) is 3.28. The summed E-state index contributed by atoms with van der Waals surface area (Å²) in [6.07, 6.45) is -0.485. The molecular formula is C14H15NO2. The molecule has 0 unspecified atom stereocenters. The third-order valence-corrected chi connectivity index (χ3v) is 2.65. The number of ether oxygens (including phenoxy) is 1. The van der Waals surface area contributed by atoms with Crippen molar-refractivity contribution in [2.45, 2.75) is 13.0 Å². The smallest absolute Gasteiger partial charge is 0.260 e. The van der Waals surface area contributed by atoms with Crippen LogP contribution in [-0.2, 0) is 4.79 Å². The molecule has 0 spiro atoms. The number of amides is 1. The summed E-state index contributed by atoms with van der Waals surface area (Å²) in [6.45, 7) is 1.73. The highest BCUT2D eigenvalue weighted by atomic mass is 16.5. The molecule has 0 saturated carbocycles. The van der Waals surface area contributed by atoms with Crippen LogP contribution >= 0.6 is 0 Å². The first-order valence-electron chi connectivity index (χ1n) is 5.58. The van der Waals surface area contributed by atoms with E-state index in [2.05, 4.69) is 5.32 Å². The van der Waals surface area contributed by atoms with Crippen molar-refractivity contribution < 1.29 is 9.53 Å². The highest BCUT2D eigenvalue weighted by molar-refractivity contribution is 5.84. The van der Waals surface area contributed by atoms with E-state index in [9.17, 15) is 4.79 Å². The second-order valence-corrected chi connectivity index (χ2v) is 3.88. The molecule has 2 aromatic carbocycles. The monoisotopic (exact) mass is 229 g/mol. The van der Waals surface area contributed by atoms with E-state index in [0.29, 0.717) is 5.75 Å². The topological polar surface area (TPSA) is 38.3 Å². The number of fused-ring (bicyclic) bond motifs is 1. The number of hydrogen-bond donors (Lipinski definition) is 1. The summed E-state index contributed by atoms with van der Waals surface area (Å²) in [5, 5.41) is 4.82. The Balaban J connectivity index is 2.22. The minimum Gasteiger partial charge on any atom is -0.481 e. The lowest BCUT2D eigenvalue weighted by atomic mass is 10.1. The van der Waals surface area contributed by atoms with E-state index >= 15 is 0 Å². The first-order valence-corrected chi connectivity index (χ1v) is 5.58. The molecule has 0 aliphatic heterocycles. The third kappa shape index (κ3) is 2.56. The molecule has 0 aromatic heterocycles. The second kappa shape index (κ2) is 4.87. The molecule has 1 N–H and O–H groups in total. The molecule has 0 heterocycles. The predicted molar refractivity (Wildman–Crippen MR) is 68.1 cm³/mol. The Morgan fingerprint density at radius 1 is 1.18 bits per heavy atom. The standard InChI is InChI=1S/C14H15NO2/c1-10(14(16)15-2)17-13-8-7-11-5-3-4-6-12(11)9-13/h3-10H,1-2H3,(H,15,16)/t10-/m0/s1. The van der Waals surface area contributed by atoms with Gasteiger partial charge in [0, 0.05) is 7.05 Å². The van der Waals surface area contributed by atoms with E-state index in [1.165, 1.54) is 0 Å². The lowest BCUT2D eigenvalue weighted by molar-refractivity contribution is -0.126. The molecule has 2 rings (SSSR count). The average molecular weight is 229 g/mol. The number of carbonyl (C=O) groups excluding carboxylic acids is 1. The Hall–Kier alpha value is -2.03. The molecule has 17 heavy (non-hydrogen) atoms. The molecule has 88 valence electrons. The minimum atomic E-state index is -0.485. The quantitative estimate of drug-likeness (QED) is 0.877. The number of carbonyl (C=O) groups is 1. The van der Waals surface area contributed by atoms with Crippen molar-refractivity contribution in [1.29, 1.82) is 0 Å². The molecule has 1 atom stereocenters. The van der Waals surface area contributed by atoms with E-state index < -0.39 is 6.10 Å². The van der Waals surface area contributed by atoms with E-state index in [1.54, 1.807) is 14.0 Å². The Bertz CT molecular complexity index is 536. The number of benzene rings is 2. The van der Waals surface area contributed by atoms with Crippen LogP contribution in [0.4, 0.5) is 0 Å². The van der Waals surface area contributed by atoms with E-state index in [4.69, 9.17) is 4.74 Å². The van der Waals surface area contributed by atoms with Gasteiger partial charge in [0.2, 0.25) is 0 Å². The van der Waals surface area contributed by atoms with Crippen LogP contribution in [0.25, 0.3) is 10.8 Å². The number of hydrogen-bond acceptors (Lipinski definition) is 2. The zero-order chi connectivity index (χ0) is 12.3. The number of nitrogens with one attached hydrogen (secondary N) is 1. The summed E-state index contributed by atoms with van der Waals surface area (Å²) in [4.78, 5) is 11.3. The van der Waals surface area contributed by atoms with Crippen molar-refractivity contribution in [3.63, 3.8) is 0 Å². The van der Waals surface area contributed by atoms with Crippen LogP contribution in [0.15, 0.2) is 42.5 Å². The van der Waals surface area contributed by atoms with Gasteiger partial charge in [0.25, 0.3) is 5.91 Å². The van der Waals surface area contributed by atoms with Gasteiger partial charge in [-0.2, -0.15) is 0 Å². The minimum absolute atomic E-state index is 0.127. The number of likely N-dealkylation sites (N-methyl/N-ethyl adjacent to an activating group) is 1. The zero-order valence-electron chi connectivity index (χ0n) is 9.94. The van der Waals surface area contributed by atoms with Gasteiger partial charge in [-0.05, 0) is 29.8 Å². The van der Waals surface area contributed by atoms with Gasteiger partial charge in [-0.3, -0.25) is 4.79 Å². The molecule has 0 aliphatic rings.